The Morgan fingerprint density at radius 2 is 1.90 bits per heavy atom. The fourth-order valence-electron chi connectivity index (χ4n) is 1.39. The number of sulfonamides is 1. The summed E-state index contributed by atoms with van der Waals surface area (Å²) >= 11 is 10.7. The number of aryl methyl sites for hydroxylation is 1. The zero-order valence-corrected chi connectivity index (χ0v) is 14.3. The molecule has 0 spiro atoms. The van der Waals surface area contributed by atoms with Gasteiger partial charge in [-0.1, -0.05) is 33.8 Å². The van der Waals surface area contributed by atoms with E-state index in [9.17, 15) is 8.42 Å². The monoisotopic (exact) mass is 392 g/mol. The van der Waals surface area contributed by atoms with Gasteiger partial charge in [-0.05, 0) is 46.4 Å². The molecule has 2 rings (SSSR count). The van der Waals surface area contributed by atoms with Gasteiger partial charge < -0.3 is 0 Å². The topological polar surface area (TPSA) is 58.9 Å². The molecule has 106 valence electrons. The molecule has 20 heavy (non-hydrogen) atoms. The number of hydrogen-bond acceptors (Lipinski definition) is 4. The SMILES string of the molecule is Cc1ccc(S(=O)(=O)N=NC(Cl)c2sccc2Br)cc1. The van der Waals surface area contributed by atoms with Gasteiger partial charge in [0.1, 0.15) is 0 Å². The van der Waals surface area contributed by atoms with E-state index in [0.717, 1.165) is 14.9 Å². The molecule has 1 aromatic heterocycles. The Hall–Kier alpha value is -0.760. The van der Waals surface area contributed by atoms with Gasteiger partial charge in [-0.3, -0.25) is 0 Å². The predicted molar refractivity (Wildman–Crippen MR) is 83.8 cm³/mol. The fraction of sp³-hybridized carbons (Fsp3) is 0.167. The molecule has 0 saturated heterocycles. The predicted octanol–water partition coefficient (Wildman–Crippen LogP) is 4.90. The van der Waals surface area contributed by atoms with Crippen molar-refractivity contribution in [1.29, 1.82) is 0 Å². The Bertz CT molecular complexity index is 726. The van der Waals surface area contributed by atoms with Crippen molar-refractivity contribution < 1.29 is 8.42 Å². The van der Waals surface area contributed by atoms with E-state index >= 15 is 0 Å². The first-order chi connectivity index (χ1) is 9.40. The van der Waals surface area contributed by atoms with Crippen molar-refractivity contribution in [2.45, 2.75) is 17.3 Å². The number of rotatable bonds is 4. The summed E-state index contributed by atoms with van der Waals surface area (Å²) in [6, 6.07) is 8.22. The minimum Gasteiger partial charge on any atom is -0.198 e. The number of benzene rings is 1. The molecule has 0 aliphatic heterocycles. The van der Waals surface area contributed by atoms with Gasteiger partial charge in [0.2, 0.25) is 0 Å². The molecule has 4 nitrogen and oxygen atoms in total. The third-order valence-corrected chi connectivity index (χ3v) is 5.97. The standard InChI is InChI=1S/C12H10BrClN2O2S2/c1-8-2-4-9(5-3-8)20(17,18)16-15-12(14)11-10(13)6-7-19-11/h2-7,12H,1H3. The van der Waals surface area contributed by atoms with Crippen LogP contribution in [0, 0.1) is 6.92 Å². The lowest BCUT2D eigenvalue weighted by Crippen LogP contribution is -1.96. The molecule has 0 aliphatic rings. The molecule has 0 amide bonds. The highest BCUT2D eigenvalue weighted by atomic mass is 79.9. The summed E-state index contributed by atoms with van der Waals surface area (Å²) in [7, 11) is -3.81. The van der Waals surface area contributed by atoms with Crippen LogP contribution >= 0.6 is 38.9 Å². The lowest BCUT2D eigenvalue weighted by Gasteiger charge is -2.01. The third kappa shape index (κ3) is 3.66. The van der Waals surface area contributed by atoms with Crippen LogP contribution in [0.4, 0.5) is 0 Å². The first-order valence-corrected chi connectivity index (χ1v) is 9.06. The summed E-state index contributed by atoms with van der Waals surface area (Å²) in [5.74, 6) is 0. The lowest BCUT2D eigenvalue weighted by molar-refractivity contribution is 0.594. The average molecular weight is 394 g/mol. The summed E-state index contributed by atoms with van der Waals surface area (Å²) in [5, 5.41) is 5.51. The fourth-order valence-corrected chi connectivity index (χ4v) is 4.18. The highest BCUT2D eigenvalue weighted by molar-refractivity contribution is 9.10. The quantitative estimate of drug-likeness (QED) is 0.421. The van der Waals surface area contributed by atoms with Crippen molar-refractivity contribution >= 4 is 48.9 Å². The summed E-state index contributed by atoms with van der Waals surface area (Å²) in [4.78, 5) is 0.815. The van der Waals surface area contributed by atoms with Crippen LogP contribution in [0.25, 0.3) is 0 Å². The van der Waals surface area contributed by atoms with Gasteiger partial charge in [-0.25, -0.2) is 0 Å². The largest absolute Gasteiger partial charge is 0.299 e. The lowest BCUT2D eigenvalue weighted by atomic mass is 10.2. The minimum atomic E-state index is -3.81. The molecule has 0 saturated carbocycles. The van der Waals surface area contributed by atoms with Gasteiger partial charge in [0, 0.05) is 4.47 Å². The van der Waals surface area contributed by atoms with E-state index in [-0.39, 0.29) is 4.90 Å². The first-order valence-electron chi connectivity index (χ1n) is 5.51. The highest BCUT2D eigenvalue weighted by Crippen LogP contribution is 2.34. The van der Waals surface area contributed by atoms with E-state index < -0.39 is 15.5 Å². The second-order valence-electron chi connectivity index (χ2n) is 3.95. The molecule has 1 heterocycles. The molecule has 1 atom stereocenters. The maximum Gasteiger partial charge on any atom is 0.299 e. The molecule has 0 bridgehead atoms. The van der Waals surface area contributed by atoms with E-state index in [4.69, 9.17) is 11.6 Å². The summed E-state index contributed by atoms with van der Waals surface area (Å²) in [5.41, 5.74) is 0.142. The second kappa shape index (κ2) is 6.34. The first kappa shape index (κ1) is 15.6. The normalized spacial score (nSPS) is 13.8. The van der Waals surface area contributed by atoms with Gasteiger partial charge in [0.05, 0.1) is 9.77 Å². The van der Waals surface area contributed by atoms with Crippen LogP contribution in [-0.4, -0.2) is 8.42 Å². The summed E-state index contributed by atoms with van der Waals surface area (Å²) in [6.45, 7) is 1.88. The molecule has 0 radical (unpaired) electrons. The van der Waals surface area contributed by atoms with E-state index in [2.05, 4.69) is 25.6 Å². The van der Waals surface area contributed by atoms with Crippen LogP contribution in [0.1, 0.15) is 15.9 Å². The van der Waals surface area contributed by atoms with E-state index in [0.29, 0.717) is 0 Å². The highest BCUT2D eigenvalue weighted by Gasteiger charge is 2.16. The molecule has 0 N–H and O–H groups in total. The summed E-state index contributed by atoms with van der Waals surface area (Å²) in [6.07, 6.45) is 0. The number of hydrogen-bond donors (Lipinski definition) is 0. The molecule has 1 unspecified atom stereocenters. The molecule has 8 heteroatoms. The van der Waals surface area contributed by atoms with Crippen LogP contribution in [-0.2, 0) is 10.0 Å². The van der Waals surface area contributed by atoms with E-state index in [1.807, 2.05) is 18.4 Å². The number of halogens is 2. The zero-order valence-electron chi connectivity index (χ0n) is 10.3. The Labute approximate surface area is 134 Å². The molecular formula is C12H10BrClN2O2S2. The van der Waals surface area contributed by atoms with Crippen LogP contribution in [0.5, 0.6) is 0 Å². The van der Waals surface area contributed by atoms with Gasteiger partial charge >= 0.3 is 0 Å². The van der Waals surface area contributed by atoms with Crippen molar-refractivity contribution in [3.8, 4) is 0 Å². The van der Waals surface area contributed by atoms with Gasteiger partial charge in [-0.2, -0.15) is 13.5 Å². The summed E-state index contributed by atoms with van der Waals surface area (Å²) < 4.78 is 28.1. The maximum absolute atomic E-state index is 12.0. The van der Waals surface area contributed by atoms with Crippen molar-refractivity contribution in [1.82, 2.24) is 0 Å². The molecule has 0 fully saturated rings. The van der Waals surface area contributed by atoms with Crippen molar-refractivity contribution in [2.24, 2.45) is 9.63 Å². The smallest absolute Gasteiger partial charge is 0.198 e. The van der Waals surface area contributed by atoms with Crippen molar-refractivity contribution in [2.75, 3.05) is 0 Å². The Balaban J connectivity index is 2.22. The maximum atomic E-state index is 12.0. The van der Waals surface area contributed by atoms with Gasteiger partial charge in [-0.15, -0.1) is 11.3 Å². The average Bonchev–Trinajstić information content (AvgIpc) is 2.83. The van der Waals surface area contributed by atoms with Crippen LogP contribution < -0.4 is 0 Å². The Kier molecular flexibility index (Phi) is 4.95. The van der Waals surface area contributed by atoms with Crippen molar-refractivity contribution in [3.05, 3.63) is 50.6 Å². The molecule has 2 aromatic rings. The van der Waals surface area contributed by atoms with Gasteiger partial charge in [0.25, 0.3) is 10.0 Å². The number of alkyl halides is 1. The number of thiophene rings is 1. The van der Waals surface area contributed by atoms with Crippen molar-refractivity contribution in [3.63, 3.8) is 0 Å². The van der Waals surface area contributed by atoms with Crippen LogP contribution in [0.3, 0.4) is 0 Å². The van der Waals surface area contributed by atoms with E-state index in [1.54, 1.807) is 12.1 Å². The molecule has 0 aliphatic carbocycles. The van der Waals surface area contributed by atoms with E-state index in [1.165, 1.54) is 23.5 Å². The third-order valence-electron chi connectivity index (χ3n) is 2.44. The molecule has 1 aromatic carbocycles. The Morgan fingerprint density at radius 1 is 1.25 bits per heavy atom. The van der Waals surface area contributed by atoms with Crippen LogP contribution in [0.15, 0.2) is 54.7 Å². The van der Waals surface area contributed by atoms with Gasteiger partial charge in [0.15, 0.2) is 5.50 Å². The minimum absolute atomic E-state index is 0.0981. The Morgan fingerprint density at radius 3 is 2.45 bits per heavy atom. The zero-order chi connectivity index (χ0) is 14.8. The second-order valence-corrected chi connectivity index (χ2v) is 7.75. The molecular weight excluding hydrogens is 384 g/mol. The van der Waals surface area contributed by atoms with Crippen LogP contribution in [0.2, 0.25) is 0 Å². The number of nitrogens with zero attached hydrogens (tertiary/aromatic N) is 2.